The van der Waals surface area contributed by atoms with Crippen LogP contribution in [0.2, 0.25) is 5.02 Å². The molecule has 0 bridgehead atoms. The van der Waals surface area contributed by atoms with Crippen LogP contribution in [-0.2, 0) is 20.9 Å². The van der Waals surface area contributed by atoms with Crippen LogP contribution in [0.3, 0.4) is 0 Å². The normalized spacial score (nSPS) is 32.6. The van der Waals surface area contributed by atoms with E-state index in [0.29, 0.717) is 53.7 Å². The quantitative estimate of drug-likeness (QED) is 0.227. The van der Waals surface area contributed by atoms with E-state index >= 15 is 4.39 Å². The highest BCUT2D eigenvalue weighted by atomic mass is 35.5. The number of ether oxygens (including phenoxy) is 3. The number of halogens is 2. The van der Waals surface area contributed by atoms with Crippen LogP contribution >= 0.6 is 11.6 Å². The Bertz CT molecular complexity index is 1910. The summed E-state index contributed by atoms with van der Waals surface area (Å²) in [7, 11) is 0. The van der Waals surface area contributed by atoms with Crippen molar-refractivity contribution in [1.29, 1.82) is 0 Å². The number of fused-ring (bicyclic) bond motifs is 5. The number of allylic oxidation sites excluding steroid dienone is 4. The largest absolute Gasteiger partial charge is 0.487 e. The van der Waals surface area contributed by atoms with E-state index in [1.54, 1.807) is 50.3 Å². The maximum absolute atomic E-state index is 17.4. The maximum Gasteiger partial charge on any atom is 0.348 e. The Kier molecular flexibility index (Phi) is 8.42. The van der Waals surface area contributed by atoms with E-state index in [0.717, 1.165) is 5.56 Å². The first kappa shape index (κ1) is 34.0. The second-order valence-electron chi connectivity index (χ2n) is 14.3. The number of ketones is 1. The predicted molar refractivity (Wildman–Crippen MR) is 183 cm³/mol. The summed E-state index contributed by atoms with van der Waals surface area (Å²) in [6.45, 7) is 3.76. The Morgan fingerprint density at radius 2 is 1.70 bits per heavy atom. The number of carboxylic acids is 1. The van der Waals surface area contributed by atoms with Gasteiger partial charge < -0.3 is 24.4 Å². The summed E-state index contributed by atoms with van der Waals surface area (Å²) in [4.78, 5) is 38.8. The molecule has 0 aliphatic heterocycles. The molecule has 4 aliphatic rings. The molecule has 0 amide bonds. The van der Waals surface area contributed by atoms with Gasteiger partial charge in [0.05, 0.1) is 16.7 Å². The van der Waals surface area contributed by atoms with E-state index in [1.165, 1.54) is 24.3 Å². The molecule has 3 saturated carbocycles. The highest BCUT2D eigenvalue weighted by molar-refractivity contribution is 6.32. The first-order valence-electron chi connectivity index (χ1n) is 16.8. The summed E-state index contributed by atoms with van der Waals surface area (Å²) < 4.78 is 35.2. The fourth-order valence-corrected chi connectivity index (χ4v) is 9.40. The van der Waals surface area contributed by atoms with Crippen molar-refractivity contribution < 1.29 is 43.2 Å². The minimum atomic E-state index is -2.12. The zero-order valence-corrected chi connectivity index (χ0v) is 28.5. The molecule has 50 heavy (non-hydrogen) atoms. The van der Waals surface area contributed by atoms with Gasteiger partial charge in [-0.05, 0) is 99.1 Å². The summed E-state index contributed by atoms with van der Waals surface area (Å²) in [5.74, 6) is -2.22. The van der Waals surface area contributed by atoms with Gasteiger partial charge in [-0.25, -0.2) is 14.0 Å². The Morgan fingerprint density at radius 1 is 0.980 bits per heavy atom. The molecule has 0 saturated heterocycles. The first-order valence-corrected chi connectivity index (χ1v) is 17.2. The topological polar surface area (TPSA) is 119 Å². The average Bonchev–Trinajstić information content (AvgIpc) is 3.38. The Morgan fingerprint density at radius 3 is 2.40 bits per heavy atom. The molecule has 10 heteroatoms. The van der Waals surface area contributed by atoms with Crippen molar-refractivity contribution in [2.75, 3.05) is 0 Å². The smallest absolute Gasteiger partial charge is 0.348 e. The standard InChI is InChI=1S/C40H38ClFO8/c1-37-18-16-27(43)20-26(37)10-14-31-30-17-19-39(36(46)47,38(30,2)22-34(44)40(31,37)42)50-35(45)25-8-11-28(12-9-25)49-29-13-15-33(32(41)21-29)48-23-24-6-4-3-5-7-24/h3-9,11-13,15-16,18,20-21,30-31,34,44H,10,14,17,19,22-23H2,1-2H3,(H,46,47)/t30-,31-,34-,37-,38-,39-,40-/m0/s1. The average molecular weight is 701 g/mol. The third kappa shape index (κ3) is 5.24. The molecule has 8 nitrogen and oxygen atoms in total. The molecular formula is C40H38ClFO8. The number of carbonyl (C=O) groups is 3. The summed E-state index contributed by atoms with van der Waals surface area (Å²) in [6.07, 6.45) is 3.67. The number of hydrogen-bond donors (Lipinski definition) is 2. The van der Waals surface area contributed by atoms with E-state index in [4.69, 9.17) is 25.8 Å². The molecule has 7 rings (SSSR count). The first-order chi connectivity index (χ1) is 23.8. The molecular weight excluding hydrogens is 663 g/mol. The van der Waals surface area contributed by atoms with Crippen molar-refractivity contribution in [3.8, 4) is 17.2 Å². The summed E-state index contributed by atoms with van der Waals surface area (Å²) in [6, 6.07) is 20.8. The lowest BCUT2D eigenvalue weighted by atomic mass is 9.45. The molecule has 7 atom stereocenters. The third-order valence-corrected chi connectivity index (χ3v) is 12.1. The van der Waals surface area contributed by atoms with Gasteiger partial charge in [0, 0.05) is 22.8 Å². The van der Waals surface area contributed by atoms with Gasteiger partial charge in [-0.3, -0.25) is 4.79 Å². The molecule has 2 N–H and O–H groups in total. The lowest BCUT2D eigenvalue weighted by Crippen LogP contribution is -2.69. The van der Waals surface area contributed by atoms with Crippen molar-refractivity contribution >= 4 is 29.3 Å². The number of benzene rings is 3. The van der Waals surface area contributed by atoms with Gasteiger partial charge in [0.15, 0.2) is 11.5 Å². The van der Waals surface area contributed by atoms with Crippen LogP contribution in [0.15, 0.2) is 96.6 Å². The summed E-state index contributed by atoms with van der Waals surface area (Å²) in [5, 5.41) is 22.6. The van der Waals surface area contributed by atoms with Crippen molar-refractivity contribution in [1.82, 2.24) is 0 Å². The molecule has 4 aliphatic carbocycles. The van der Waals surface area contributed by atoms with E-state index < -0.39 is 52.0 Å². The van der Waals surface area contributed by atoms with Crippen molar-refractivity contribution in [3.63, 3.8) is 0 Å². The van der Waals surface area contributed by atoms with Crippen molar-refractivity contribution in [3.05, 3.63) is 113 Å². The zero-order valence-electron chi connectivity index (χ0n) is 27.7. The number of rotatable bonds is 8. The van der Waals surface area contributed by atoms with E-state index in [1.807, 2.05) is 30.3 Å². The van der Waals surface area contributed by atoms with Crippen LogP contribution in [0, 0.1) is 22.7 Å². The molecule has 3 aromatic rings. The third-order valence-electron chi connectivity index (χ3n) is 11.8. The highest BCUT2D eigenvalue weighted by Crippen LogP contribution is 2.70. The molecule has 260 valence electrons. The van der Waals surface area contributed by atoms with Crippen LogP contribution in [0.4, 0.5) is 4.39 Å². The Hall–Kier alpha value is -4.47. The SMILES string of the molecule is C[C@]12C=CC(=O)C=C1CC[C@H]1[C@@H]3CC[C@](OC(=O)c4ccc(Oc5ccc(OCc6ccccc6)c(Cl)c5)cc4)(C(=O)O)[C@@]3(C)C[C@H](O)[C@@]12F. The Balaban J connectivity index is 1.06. The zero-order chi connectivity index (χ0) is 35.5. The summed E-state index contributed by atoms with van der Waals surface area (Å²) in [5.41, 5.74) is -4.80. The van der Waals surface area contributed by atoms with Crippen LogP contribution in [-0.4, -0.2) is 45.3 Å². The number of hydrogen-bond acceptors (Lipinski definition) is 7. The fraction of sp³-hybridized carbons (Fsp3) is 0.375. The lowest BCUT2D eigenvalue weighted by molar-refractivity contribution is -0.222. The number of aliphatic hydroxyl groups is 1. The van der Waals surface area contributed by atoms with Crippen molar-refractivity contribution in [2.45, 2.75) is 69.9 Å². The number of esters is 1. The molecule has 0 aromatic heterocycles. The van der Waals surface area contributed by atoms with Gasteiger partial charge >= 0.3 is 11.9 Å². The van der Waals surface area contributed by atoms with Gasteiger partial charge in [-0.2, -0.15) is 0 Å². The van der Waals surface area contributed by atoms with Crippen LogP contribution < -0.4 is 9.47 Å². The van der Waals surface area contributed by atoms with Crippen molar-refractivity contribution in [2.24, 2.45) is 22.7 Å². The molecule has 0 radical (unpaired) electrons. The molecule has 0 spiro atoms. The van der Waals surface area contributed by atoms with E-state index in [-0.39, 0.29) is 24.2 Å². The minimum Gasteiger partial charge on any atom is -0.487 e. The second-order valence-corrected chi connectivity index (χ2v) is 14.7. The predicted octanol–water partition coefficient (Wildman–Crippen LogP) is 8.06. The van der Waals surface area contributed by atoms with Gasteiger partial charge in [-0.1, -0.05) is 60.5 Å². The molecule has 3 fully saturated rings. The molecule has 0 unspecified atom stereocenters. The second kappa shape index (κ2) is 12.4. The molecule has 0 heterocycles. The van der Waals surface area contributed by atoms with Crippen LogP contribution in [0.1, 0.15) is 61.9 Å². The molecule has 3 aromatic carbocycles. The van der Waals surface area contributed by atoms with Crippen LogP contribution in [0.25, 0.3) is 0 Å². The van der Waals surface area contributed by atoms with Crippen LogP contribution in [0.5, 0.6) is 17.2 Å². The van der Waals surface area contributed by atoms with Gasteiger partial charge in [0.2, 0.25) is 5.60 Å². The number of aliphatic hydroxyl groups excluding tert-OH is 1. The monoisotopic (exact) mass is 700 g/mol. The van der Waals surface area contributed by atoms with E-state index in [2.05, 4.69) is 0 Å². The van der Waals surface area contributed by atoms with Gasteiger partial charge in [0.1, 0.15) is 23.9 Å². The van der Waals surface area contributed by atoms with Gasteiger partial charge in [-0.15, -0.1) is 0 Å². The number of aliphatic carboxylic acids is 1. The fourth-order valence-electron chi connectivity index (χ4n) is 9.17. The maximum atomic E-state index is 17.4. The number of carbonyl (C=O) groups excluding carboxylic acids is 2. The Labute approximate surface area is 294 Å². The summed E-state index contributed by atoms with van der Waals surface area (Å²) >= 11 is 6.44. The number of alkyl halides is 1. The minimum absolute atomic E-state index is 0.0186. The van der Waals surface area contributed by atoms with E-state index in [9.17, 15) is 24.6 Å². The van der Waals surface area contributed by atoms with Gasteiger partial charge in [0.25, 0.3) is 0 Å². The highest BCUT2D eigenvalue weighted by Gasteiger charge is 2.76. The lowest BCUT2D eigenvalue weighted by Gasteiger charge is -2.62. The number of carboxylic acid groups (broad SMARTS) is 1.